The largest absolute Gasteiger partial charge is 0.342 e. The number of rotatable bonds is 3. The second-order valence-electron chi connectivity index (χ2n) is 6.06. The molecule has 7 heteroatoms. The van der Waals surface area contributed by atoms with Gasteiger partial charge in [0.2, 0.25) is 12.3 Å². The molecule has 1 saturated heterocycles. The Balaban J connectivity index is 1.69. The maximum atomic E-state index is 12.4. The molecule has 0 saturated carbocycles. The number of sulfone groups is 1. The van der Waals surface area contributed by atoms with E-state index in [1.807, 2.05) is 6.07 Å². The number of carbonyl (C=O) groups excluding carboxylic acids is 2. The standard InChI is InChI=1S/C16H20N2O4S/c19-12-17-5-7-18(8-6-17)16(20)11-13-3-4-15-14(10-13)2-1-9-23(15,21)22/h3-4,10,12H,1-2,5-9,11H2. The van der Waals surface area contributed by atoms with Crippen LogP contribution in [0, 0.1) is 0 Å². The quantitative estimate of drug-likeness (QED) is 0.742. The van der Waals surface area contributed by atoms with Crippen LogP contribution in [-0.4, -0.2) is 62.5 Å². The Kier molecular flexibility index (Phi) is 4.39. The molecule has 6 nitrogen and oxygen atoms in total. The summed E-state index contributed by atoms with van der Waals surface area (Å²) >= 11 is 0. The van der Waals surface area contributed by atoms with Crippen molar-refractivity contribution in [3.05, 3.63) is 29.3 Å². The van der Waals surface area contributed by atoms with Gasteiger partial charge in [-0.25, -0.2) is 8.42 Å². The molecule has 2 aliphatic heterocycles. The second kappa shape index (κ2) is 6.31. The van der Waals surface area contributed by atoms with E-state index in [9.17, 15) is 18.0 Å². The van der Waals surface area contributed by atoms with Crippen molar-refractivity contribution in [2.45, 2.75) is 24.2 Å². The molecule has 2 amide bonds. The van der Waals surface area contributed by atoms with Gasteiger partial charge < -0.3 is 9.80 Å². The molecule has 0 spiro atoms. The fraction of sp³-hybridized carbons (Fsp3) is 0.500. The summed E-state index contributed by atoms with van der Waals surface area (Å²) in [6.45, 7) is 2.24. The Bertz CT molecular complexity index is 722. The van der Waals surface area contributed by atoms with Crippen LogP contribution in [0.15, 0.2) is 23.1 Å². The molecule has 0 N–H and O–H groups in total. The van der Waals surface area contributed by atoms with Crippen molar-refractivity contribution in [1.29, 1.82) is 0 Å². The summed E-state index contributed by atoms with van der Waals surface area (Å²) < 4.78 is 24.0. The molecule has 0 bridgehead atoms. The molecule has 1 fully saturated rings. The summed E-state index contributed by atoms with van der Waals surface area (Å²) in [5.41, 5.74) is 1.68. The maximum Gasteiger partial charge on any atom is 0.227 e. The van der Waals surface area contributed by atoms with Crippen LogP contribution < -0.4 is 0 Å². The molecule has 0 radical (unpaired) electrons. The normalized spacial score (nSPS) is 20.0. The van der Waals surface area contributed by atoms with Gasteiger partial charge in [0.1, 0.15) is 0 Å². The van der Waals surface area contributed by atoms with Crippen LogP contribution >= 0.6 is 0 Å². The van der Waals surface area contributed by atoms with E-state index in [-0.39, 0.29) is 18.1 Å². The van der Waals surface area contributed by atoms with E-state index in [1.54, 1.807) is 21.9 Å². The lowest BCUT2D eigenvalue weighted by molar-refractivity contribution is -0.134. The van der Waals surface area contributed by atoms with Crippen molar-refractivity contribution in [3.8, 4) is 0 Å². The van der Waals surface area contributed by atoms with Gasteiger partial charge in [-0.15, -0.1) is 0 Å². The summed E-state index contributed by atoms with van der Waals surface area (Å²) in [4.78, 5) is 26.9. The van der Waals surface area contributed by atoms with Gasteiger partial charge in [0.15, 0.2) is 9.84 Å². The lowest BCUT2D eigenvalue weighted by atomic mass is 10.0. The van der Waals surface area contributed by atoms with Crippen molar-refractivity contribution >= 4 is 22.2 Å². The number of amides is 2. The van der Waals surface area contributed by atoms with Crippen molar-refractivity contribution < 1.29 is 18.0 Å². The first kappa shape index (κ1) is 16.0. The first-order valence-corrected chi connectivity index (χ1v) is 9.46. The van der Waals surface area contributed by atoms with Gasteiger partial charge in [0.05, 0.1) is 17.1 Å². The molecule has 0 atom stereocenters. The predicted octanol–water partition coefficient (Wildman–Crippen LogP) is 0.250. The Labute approximate surface area is 136 Å². The van der Waals surface area contributed by atoms with Crippen molar-refractivity contribution in [3.63, 3.8) is 0 Å². The SMILES string of the molecule is O=CN1CCN(C(=O)Cc2ccc3c(c2)CCCS3(=O)=O)CC1. The predicted molar refractivity (Wildman–Crippen MR) is 84.7 cm³/mol. The van der Waals surface area contributed by atoms with Crippen LogP contribution in [0.2, 0.25) is 0 Å². The summed E-state index contributed by atoms with van der Waals surface area (Å²) in [5.74, 6) is 0.230. The van der Waals surface area contributed by atoms with Crippen LogP contribution in [0.3, 0.4) is 0 Å². The van der Waals surface area contributed by atoms with Gasteiger partial charge in [-0.05, 0) is 30.0 Å². The average molecular weight is 336 g/mol. The van der Waals surface area contributed by atoms with Crippen molar-refractivity contribution in [1.82, 2.24) is 9.80 Å². The van der Waals surface area contributed by atoms with E-state index in [0.29, 0.717) is 37.5 Å². The molecule has 3 rings (SSSR count). The first-order valence-electron chi connectivity index (χ1n) is 7.81. The Hall–Kier alpha value is -1.89. The highest BCUT2D eigenvalue weighted by molar-refractivity contribution is 7.91. The van der Waals surface area contributed by atoms with E-state index in [1.165, 1.54) is 0 Å². The molecule has 1 aromatic carbocycles. The third-order valence-corrected chi connectivity index (χ3v) is 6.39. The summed E-state index contributed by atoms with van der Waals surface area (Å²) in [7, 11) is -3.15. The first-order chi connectivity index (χ1) is 11.0. The smallest absolute Gasteiger partial charge is 0.227 e. The van der Waals surface area contributed by atoms with Gasteiger partial charge >= 0.3 is 0 Å². The fourth-order valence-electron chi connectivity index (χ4n) is 3.17. The Morgan fingerprint density at radius 2 is 1.91 bits per heavy atom. The minimum absolute atomic E-state index is 0.0224. The third-order valence-electron chi connectivity index (χ3n) is 4.49. The van der Waals surface area contributed by atoms with Crippen molar-refractivity contribution in [2.75, 3.05) is 31.9 Å². The van der Waals surface area contributed by atoms with Crippen LogP contribution in [0.25, 0.3) is 0 Å². The molecule has 23 heavy (non-hydrogen) atoms. The lowest BCUT2D eigenvalue weighted by Crippen LogP contribution is -2.48. The molecular formula is C16H20N2O4S. The van der Waals surface area contributed by atoms with Crippen LogP contribution in [-0.2, 0) is 32.3 Å². The minimum atomic E-state index is -3.15. The molecule has 124 valence electrons. The molecule has 0 unspecified atom stereocenters. The number of nitrogens with zero attached hydrogens (tertiary/aromatic N) is 2. The average Bonchev–Trinajstić information content (AvgIpc) is 2.54. The van der Waals surface area contributed by atoms with Gasteiger partial charge in [0.25, 0.3) is 0 Å². The topological polar surface area (TPSA) is 74.8 Å². The van der Waals surface area contributed by atoms with Gasteiger partial charge in [-0.1, -0.05) is 12.1 Å². The summed E-state index contributed by atoms with van der Waals surface area (Å²) in [6.07, 6.45) is 2.47. The van der Waals surface area contributed by atoms with E-state index in [2.05, 4.69) is 0 Å². The minimum Gasteiger partial charge on any atom is -0.342 e. The third kappa shape index (κ3) is 3.39. The van der Waals surface area contributed by atoms with Gasteiger partial charge in [0, 0.05) is 26.2 Å². The van der Waals surface area contributed by atoms with Crippen LogP contribution in [0.4, 0.5) is 0 Å². The Morgan fingerprint density at radius 1 is 1.17 bits per heavy atom. The molecular weight excluding hydrogens is 316 g/mol. The van der Waals surface area contributed by atoms with Crippen molar-refractivity contribution in [2.24, 2.45) is 0 Å². The molecule has 2 aliphatic rings. The number of carbonyl (C=O) groups is 2. The monoisotopic (exact) mass is 336 g/mol. The van der Waals surface area contributed by atoms with Crippen LogP contribution in [0.1, 0.15) is 17.5 Å². The molecule has 0 aliphatic carbocycles. The zero-order chi connectivity index (χ0) is 16.4. The van der Waals surface area contributed by atoms with Gasteiger partial charge in [-0.3, -0.25) is 9.59 Å². The van der Waals surface area contributed by atoms with E-state index >= 15 is 0 Å². The van der Waals surface area contributed by atoms with E-state index < -0.39 is 9.84 Å². The zero-order valence-corrected chi connectivity index (χ0v) is 13.7. The number of fused-ring (bicyclic) bond motifs is 1. The highest BCUT2D eigenvalue weighted by atomic mass is 32.2. The highest BCUT2D eigenvalue weighted by Gasteiger charge is 2.24. The number of hydrogen-bond acceptors (Lipinski definition) is 4. The molecule has 1 aromatic rings. The number of hydrogen-bond donors (Lipinski definition) is 0. The Morgan fingerprint density at radius 3 is 2.61 bits per heavy atom. The lowest BCUT2D eigenvalue weighted by Gasteiger charge is -2.32. The molecule has 2 heterocycles. The zero-order valence-electron chi connectivity index (χ0n) is 12.9. The number of benzene rings is 1. The highest BCUT2D eigenvalue weighted by Crippen LogP contribution is 2.26. The summed E-state index contributed by atoms with van der Waals surface area (Å²) in [5, 5.41) is 0. The fourth-order valence-corrected chi connectivity index (χ4v) is 4.75. The summed E-state index contributed by atoms with van der Waals surface area (Å²) in [6, 6.07) is 5.23. The number of aryl methyl sites for hydroxylation is 1. The molecule has 0 aromatic heterocycles. The van der Waals surface area contributed by atoms with E-state index in [4.69, 9.17) is 0 Å². The second-order valence-corrected chi connectivity index (χ2v) is 8.14. The van der Waals surface area contributed by atoms with E-state index in [0.717, 1.165) is 24.0 Å². The maximum absolute atomic E-state index is 12.4. The van der Waals surface area contributed by atoms with Crippen LogP contribution in [0.5, 0.6) is 0 Å². The van der Waals surface area contributed by atoms with Gasteiger partial charge in [-0.2, -0.15) is 0 Å². The number of piperazine rings is 1.